The summed E-state index contributed by atoms with van der Waals surface area (Å²) in [6.45, 7) is 3.56. The molecule has 1 aromatic rings. The Morgan fingerprint density at radius 2 is 2.15 bits per heavy atom. The fourth-order valence-electron chi connectivity index (χ4n) is 3.09. The Morgan fingerprint density at radius 1 is 1.37 bits per heavy atom. The number of anilines is 1. The van der Waals surface area contributed by atoms with Crippen molar-refractivity contribution in [2.24, 2.45) is 11.8 Å². The van der Waals surface area contributed by atoms with Crippen molar-refractivity contribution in [1.29, 1.82) is 0 Å². The maximum Gasteiger partial charge on any atom is 0.320 e. The molecule has 9 heteroatoms. The number of ether oxygens (including phenoxy) is 1. The first-order valence-corrected chi connectivity index (χ1v) is 10.5. The second-order valence-electron chi connectivity index (χ2n) is 6.76. The summed E-state index contributed by atoms with van der Waals surface area (Å²) in [7, 11) is -2.70. The van der Waals surface area contributed by atoms with Crippen molar-refractivity contribution < 1.29 is 22.7 Å². The highest BCUT2D eigenvalue weighted by Crippen LogP contribution is 2.23. The van der Waals surface area contributed by atoms with Crippen LogP contribution in [0.25, 0.3) is 0 Å². The van der Waals surface area contributed by atoms with Crippen LogP contribution in [0.15, 0.2) is 29.2 Å². The maximum atomic E-state index is 12.3. The number of carbonyl (C=O) groups excluding carboxylic acids is 2. The van der Waals surface area contributed by atoms with Crippen LogP contribution < -0.4 is 15.4 Å². The molecule has 0 saturated carbocycles. The molecule has 0 aromatic heterocycles. The van der Waals surface area contributed by atoms with Gasteiger partial charge in [0.25, 0.3) is 0 Å². The molecule has 0 aliphatic carbocycles. The Bertz CT molecular complexity index is 760. The molecule has 0 bridgehead atoms. The van der Waals surface area contributed by atoms with Gasteiger partial charge in [0, 0.05) is 12.1 Å². The van der Waals surface area contributed by atoms with E-state index in [4.69, 9.17) is 0 Å². The fourth-order valence-corrected chi connectivity index (χ4v) is 4.10. The minimum Gasteiger partial charge on any atom is -0.468 e. The van der Waals surface area contributed by atoms with E-state index in [0.717, 1.165) is 25.9 Å². The predicted molar refractivity (Wildman–Crippen MR) is 102 cm³/mol. The number of benzene rings is 1. The monoisotopic (exact) mass is 397 g/mol. The molecule has 8 nitrogen and oxygen atoms in total. The topological polar surface area (TPSA) is 114 Å². The number of carbonyl (C=O) groups is 2. The van der Waals surface area contributed by atoms with Crippen molar-refractivity contribution in [2.75, 3.05) is 32.1 Å². The van der Waals surface area contributed by atoms with Crippen LogP contribution in [0.2, 0.25) is 0 Å². The summed E-state index contributed by atoms with van der Waals surface area (Å²) in [5.74, 6) is -0.121. The Morgan fingerprint density at radius 3 is 2.81 bits per heavy atom. The van der Waals surface area contributed by atoms with Gasteiger partial charge in [-0.25, -0.2) is 8.42 Å². The zero-order chi connectivity index (χ0) is 19.9. The molecular weight excluding hydrogens is 370 g/mol. The van der Waals surface area contributed by atoms with Gasteiger partial charge in [-0.1, -0.05) is 13.0 Å². The number of hydrogen-bond donors (Lipinski definition) is 3. The molecule has 1 heterocycles. The van der Waals surface area contributed by atoms with E-state index in [0.29, 0.717) is 18.0 Å². The van der Waals surface area contributed by atoms with E-state index in [9.17, 15) is 18.0 Å². The number of rotatable bonds is 8. The summed E-state index contributed by atoms with van der Waals surface area (Å²) in [6, 6.07) is 5.93. The van der Waals surface area contributed by atoms with E-state index in [-0.39, 0.29) is 16.7 Å². The number of esters is 1. The maximum absolute atomic E-state index is 12.3. The van der Waals surface area contributed by atoms with Gasteiger partial charge in [-0.15, -0.1) is 0 Å². The minimum absolute atomic E-state index is 0.0336. The Hall–Kier alpha value is -1.97. The lowest BCUT2D eigenvalue weighted by Gasteiger charge is -2.28. The first-order valence-electron chi connectivity index (χ1n) is 8.99. The van der Waals surface area contributed by atoms with Crippen LogP contribution >= 0.6 is 0 Å². The van der Waals surface area contributed by atoms with Crippen LogP contribution in [-0.4, -0.2) is 47.0 Å². The van der Waals surface area contributed by atoms with Crippen LogP contribution in [0.1, 0.15) is 26.2 Å². The molecule has 0 radical (unpaired) electrons. The summed E-state index contributed by atoms with van der Waals surface area (Å²) in [5.41, 5.74) is 0.398. The molecule has 1 saturated heterocycles. The lowest BCUT2D eigenvalue weighted by molar-refractivity contribution is -0.139. The molecule has 0 spiro atoms. The van der Waals surface area contributed by atoms with Crippen molar-refractivity contribution in [1.82, 2.24) is 10.0 Å². The average molecular weight is 397 g/mol. The lowest BCUT2D eigenvalue weighted by Crippen LogP contribution is -2.34. The lowest BCUT2D eigenvalue weighted by atomic mass is 9.85. The molecule has 2 unspecified atom stereocenters. The first kappa shape index (κ1) is 21.3. The van der Waals surface area contributed by atoms with Gasteiger partial charge in [-0.3, -0.25) is 9.59 Å². The van der Waals surface area contributed by atoms with E-state index in [1.165, 1.54) is 25.3 Å². The molecule has 1 aliphatic rings. The highest BCUT2D eigenvalue weighted by molar-refractivity contribution is 7.89. The number of methoxy groups -OCH3 is 1. The van der Waals surface area contributed by atoms with Crippen molar-refractivity contribution in [3.05, 3.63) is 24.3 Å². The molecule has 3 N–H and O–H groups in total. The standard InChI is InChI=1S/C18H27N3O5S/c1-13(14-5-4-8-19-11-14)9-17(22)21-15-6-3-7-16(10-15)27(24,25)20-12-18(23)26-2/h3,6-7,10,13-14,19-20H,4-5,8-9,11-12H2,1-2H3,(H,21,22). The second kappa shape index (κ2) is 9.82. The van der Waals surface area contributed by atoms with Crippen molar-refractivity contribution in [3.8, 4) is 0 Å². The predicted octanol–water partition coefficient (Wildman–Crippen LogP) is 1.10. The number of piperidine rings is 1. The molecule has 1 fully saturated rings. The average Bonchev–Trinajstić information content (AvgIpc) is 2.67. The SMILES string of the molecule is COC(=O)CNS(=O)(=O)c1cccc(NC(=O)CC(C)C2CCCNC2)c1. The van der Waals surface area contributed by atoms with Gasteiger partial charge >= 0.3 is 5.97 Å². The Balaban J connectivity index is 1.96. The fraction of sp³-hybridized carbons (Fsp3) is 0.556. The molecule has 150 valence electrons. The van der Waals surface area contributed by atoms with E-state index in [2.05, 4.69) is 27.0 Å². The van der Waals surface area contributed by atoms with Gasteiger partial charge in [0.1, 0.15) is 6.54 Å². The quantitative estimate of drug-likeness (QED) is 0.566. The molecule has 27 heavy (non-hydrogen) atoms. The van der Waals surface area contributed by atoms with Crippen LogP contribution in [0, 0.1) is 11.8 Å². The molecule has 1 aromatic carbocycles. The zero-order valence-electron chi connectivity index (χ0n) is 15.7. The Labute approximate surface area is 160 Å². The summed E-state index contributed by atoms with van der Waals surface area (Å²) >= 11 is 0. The van der Waals surface area contributed by atoms with E-state index >= 15 is 0 Å². The highest BCUT2D eigenvalue weighted by atomic mass is 32.2. The highest BCUT2D eigenvalue weighted by Gasteiger charge is 2.22. The van der Waals surface area contributed by atoms with Crippen LogP contribution in [-0.2, 0) is 24.3 Å². The second-order valence-corrected chi connectivity index (χ2v) is 8.53. The van der Waals surface area contributed by atoms with Gasteiger partial charge in [0.05, 0.1) is 12.0 Å². The molecule has 1 amide bonds. The van der Waals surface area contributed by atoms with Gasteiger partial charge < -0.3 is 15.4 Å². The zero-order valence-corrected chi connectivity index (χ0v) is 16.5. The van der Waals surface area contributed by atoms with Gasteiger partial charge in [0.2, 0.25) is 15.9 Å². The van der Waals surface area contributed by atoms with Crippen LogP contribution in [0.4, 0.5) is 5.69 Å². The van der Waals surface area contributed by atoms with Crippen LogP contribution in [0.3, 0.4) is 0 Å². The third-order valence-electron chi connectivity index (χ3n) is 4.71. The van der Waals surface area contributed by atoms with E-state index in [1.54, 1.807) is 6.07 Å². The van der Waals surface area contributed by atoms with Crippen molar-refractivity contribution >= 4 is 27.6 Å². The van der Waals surface area contributed by atoms with Crippen molar-refractivity contribution in [3.63, 3.8) is 0 Å². The van der Waals surface area contributed by atoms with E-state index in [1.807, 2.05) is 0 Å². The molecule has 2 atom stereocenters. The normalized spacial score (nSPS) is 18.5. The number of nitrogens with one attached hydrogen (secondary N) is 3. The van der Waals surface area contributed by atoms with Crippen molar-refractivity contribution in [2.45, 2.75) is 31.1 Å². The summed E-state index contributed by atoms with van der Waals surface area (Å²) < 4.78 is 31.0. The summed E-state index contributed by atoms with van der Waals surface area (Å²) in [4.78, 5) is 23.4. The number of amides is 1. The van der Waals surface area contributed by atoms with E-state index < -0.39 is 22.5 Å². The summed E-state index contributed by atoms with van der Waals surface area (Å²) in [6.07, 6.45) is 2.61. The minimum atomic E-state index is -3.87. The molecule has 2 rings (SSSR count). The van der Waals surface area contributed by atoms with Gasteiger partial charge in [0.15, 0.2) is 0 Å². The first-order chi connectivity index (χ1) is 12.8. The van der Waals surface area contributed by atoms with Crippen LogP contribution in [0.5, 0.6) is 0 Å². The third-order valence-corrected chi connectivity index (χ3v) is 6.11. The largest absolute Gasteiger partial charge is 0.468 e. The van der Waals surface area contributed by atoms with Gasteiger partial charge in [-0.05, 0) is 56.0 Å². The number of hydrogen-bond acceptors (Lipinski definition) is 6. The molecule has 1 aliphatic heterocycles. The van der Waals surface area contributed by atoms with Gasteiger partial charge in [-0.2, -0.15) is 4.72 Å². The Kier molecular flexibility index (Phi) is 7.76. The molecular formula is C18H27N3O5S. The third kappa shape index (κ3) is 6.60. The number of sulfonamides is 1. The summed E-state index contributed by atoms with van der Waals surface area (Å²) in [5, 5.41) is 6.11. The smallest absolute Gasteiger partial charge is 0.320 e.